The van der Waals surface area contributed by atoms with Crippen molar-refractivity contribution in [2.75, 3.05) is 7.11 Å². The molecule has 0 bridgehead atoms. The Morgan fingerprint density at radius 3 is 2.85 bits per heavy atom. The minimum absolute atomic E-state index is 0.0270. The van der Waals surface area contributed by atoms with Gasteiger partial charge in [0.15, 0.2) is 4.77 Å². The Labute approximate surface area is 156 Å². The van der Waals surface area contributed by atoms with Gasteiger partial charge in [-0.1, -0.05) is 25.0 Å². The van der Waals surface area contributed by atoms with Crippen LogP contribution >= 0.6 is 12.2 Å². The smallest absolute Gasteiger partial charge is 0.264 e. The van der Waals surface area contributed by atoms with E-state index in [4.69, 9.17) is 22.7 Å². The molecule has 0 aliphatic heterocycles. The number of nitrogens with one attached hydrogen (secondary N) is 1. The zero-order valence-corrected chi connectivity index (χ0v) is 15.3. The van der Waals surface area contributed by atoms with Gasteiger partial charge in [-0.25, -0.2) is 0 Å². The molecule has 7 nitrogen and oxygen atoms in total. The first-order chi connectivity index (χ1) is 12.5. The molecule has 2 atom stereocenters. The van der Waals surface area contributed by atoms with Gasteiger partial charge in [-0.3, -0.25) is 19.3 Å². The number of H-pyrrole nitrogens is 1. The van der Waals surface area contributed by atoms with Crippen LogP contribution in [-0.4, -0.2) is 40.1 Å². The number of nitrogens with zero attached hydrogens (tertiary/aromatic N) is 2. The number of rotatable bonds is 4. The van der Waals surface area contributed by atoms with Gasteiger partial charge in [0.05, 0.1) is 18.8 Å². The number of hydrogen-bond donors (Lipinski definition) is 3. The van der Waals surface area contributed by atoms with E-state index in [0.29, 0.717) is 11.4 Å². The van der Waals surface area contributed by atoms with Gasteiger partial charge in [-0.05, 0) is 37.2 Å². The molecule has 8 heteroatoms. The summed E-state index contributed by atoms with van der Waals surface area (Å²) in [6.45, 7) is 0. The first-order valence-electron chi connectivity index (χ1n) is 8.53. The highest BCUT2D eigenvalue weighted by Crippen LogP contribution is 2.27. The summed E-state index contributed by atoms with van der Waals surface area (Å²) in [6.07, 6.45) is 5.34. The lowest BCUT2D eigenvalue weighted by molar-refractivity contribution is 0.387. The molecule has 26 heavy (non-hydrogen) atoms. The predicted octanol–water partition coefficient (Wildman–Crippen LogP) is 2.30. The molecule has 0 saturated heterocycles. The lowest BCUT2D eigenvalue weighted by atomic mass is 9.91. The highest BCUT2D eigenvalue weighted by atomic mass is 32.1. The average Bonchev–Trinajstić information content (AvgIpc) is 2.63. The van der Waals surface area contributed by atoms with Gasteiger partial charge in [-0.2, -0.15) is 0 Å². The molecule has 0 unspecified atom stereocenters. The Hall–Kier alpha value is -2.45. The van der Waals surface area contributed by atoms with Crippen molar-refractivity contribution in [3.63, 3.8) is 0 Å². The summed E-state index contributed by atoms with van der Waals surface area (Å²) >= 11 is 5.23. The van der Waals surface area contributed by atoms with Crippen LogP contribution in [0.1, 0.15) is 31.2 Å². The molecule has 1 aliphatic carbocycles. The van der Waals surface area contributed by atoms with E-state index in [-0.39, 0.29) is 28.3 Å². The molecule has 1 aliphatic rings. The molecule has 0 spiro atoms. The molecular formula is C18H22N4O3S. The maximum Gasteiger partial charge on any atom is 0.264 e. The molecule has 0 amide bonds. The van der Waals surface area contributed by atoms with Crippen LogP contribution in [0.3, 0.4) is 0 Å². The van der Waals surface area contributed by atoms with Gasteiger partial charge in [-0.15, -0.1) is 0 Å². The molecule has 1 aromatic carbocycles. The zero-order chi connectivity index (χ0) is 18.7. The summed E-state index contributed by atoms with van der Waals surface area (Å²) in [7, 11) is 1.53. The van der Waals surface area contributed by atoms with Crippen molar-refractivity contribution < 1.29 is 9.84 Å². The molecule has 1 saturated carbocycles. The van der Waals surface area contributed by atoms with Gasteiger partial charge in [0.1, 0.15) is 11.3 Å². The van der Waals surface area contributed by atoms with Gasteiger partial charge in [0.25, 0.3) is 5.56 Å². The van der Waals surface area contributed by atoms with E-state index in [1.165, 1.54) is 17.9 Å². The molecule has 1 heterocycles. The normalized spacial score (nSPS) is 20.4. The minimum Gasteiger partial charge on any atom is -0.495 e. The topological polar surface area (TPSA) is 106 Å². The summed E-state index contributed by atoms with van der Waals surface area (Å²) in [5.74, 6) is 0.236. The van der Waals surface area contributed by atoms with Gasteiger partial charge in [0, 0.05) is 12.3 Å². The Kier molecular flexibility index (Phi) is 5.53. The third kappa shape index (κ3) is 3.56. The van der Waals surface area contributed by atoms with Crippen molar-refractivity contribution in [1.82, 2.24) is 9.55 Å². The van der Waals surface area contributed by atoms with Crippen LogP contribution in [0.25, 0.3) is 5.69 Å². The van der Waals surface area contributed by atoms with Crippen LogP contribution in [0.15, 0.2) is 34.1 Å². The van der Waals surface area contributed by atoms with E-state index in [0.717, 1.165) is 25.7 Å². The maximum absolute atomic E-state index is 12.3. The van der Waals surface area contributed by atoms with E-state index in [2.05, 4.69) is 9.98 Å². The fourth-order valence-corrected chi connectivity index (χ4v) is 3.47. The molecule has 0 radical (unpaired) electrons. The number of aromatic nitrogens is 2. The SMILES string of the molecule is COc1ccccc1-n1c(O)c(C=N[C@@H]2CCCC[C@H]2N)c(=O)[nH]c1=S. The summed E-state index contributed by atoms with van der Waals surface area (Å²) < 4.78 is 6.76. The third-order valence-electron chi connectivity index (χ3n) is 4.62. The second-order valence-corrected chi connectivity index (χ2v) is 6.68. The van der Waals surface area contributed by atoms with Crippen molar-refractivity contribution >= 4 is 18.4 Å². The molecule has 1 fully saturated rings. The van der Waals surface area contributed by atoms with Crippen LogP contribution in [0.4, 0.5) is 0 Å². The fourth-order valence-electron chi connectivity index (χ4n) is 3.19. The highest BCUT2D eigenvalue weighted by Gasteiger charge is 2.21. The second kappa shape index (κ2) is 7.84. The Balaban J connectivity index is 2.08. The lowest BCUT2D eigenvalue weighted by Gasteiger charge is -2.25. The van der Waals surface area contributed by atoms with Crippen molar-refractivity contribution in [1.29, 1.82) is 0 Å². The van der Waals surface area contributed by atoms with E-state index >= 15 is 0 Å². The Morgan fingerprint density at radius 2 is 2.12 bits per heavy atom. The molecule has 138 valence electrons. The molecule has 3 rings (SSSR count). The van der Waals surface area contributed by atoms with Crippen LogP contribution in [0, 0.1) is 4.77 Å². The van der Waals surface area contributed by atoms with Gasteiger partial charge >= 0.3 is 0 Å². The summed E-state index contributed by atoms with van der Waals surface area (Å²) in [6, 6.07) is 7.01. The average molecular weight is 374 g/mol. The molecule has 1 aromatic heterocycles. The monoisotopic (exact) mass is 374 g/mol. The lowest BCUT2D eigenvalue weighted by Crippen LogP contribution is -2.36. The van der Waals surface area contributed by atoms with Crippen LogP contribution in [0.5, 0.6) is 11.6 Å². The standard InChI is InChI=1S/C18H22N4O3S/c1-25-15-9-5-4-8-14(15)22-17(24)11(16(23)21-18(22)26)10-20-13-7-3-2-6-12(13)19/h4-5,8-10,12-13,24H,2-3,6-7,19H2,1H3,(H,21,23,26)/t12-,13-/m1/s1. The minimum atomic E-state index is -0.494. The number of benzene rings is 1. The largest absolute Gasteiger partial charge is 0.495 e. The second-order valence-electron chi connectivity index (χ2n) is 6.30. The Bertz CT molecular complexity index is 935. The van der Waals surface area contributed by atoms with Crippen molar-refractivity contribution in [2.24, 2.45) is 10.7 Å². The van der Waals surface area contributed by atoms with Crippen LogP contribution in [0.2, 0.25) is 0 Å². The van der Waals surface area contributed by atoms with Gasteiger partial charge < -0.3 is 15.6 Å². The van der Waals surface area contributed by atoms with Crippen molar-refractivity contribution in [2.45, 2.75) is 37.8 Å². The first-order valence-corrected chi connectivity index (χ1v) is 8.94. The number of ether oxygens (including phenoxy) is 1. The number of aromatic hydroxyl groups is 1. The molecule has 4 N–H and O–H groups in total. The van der Waals surface area contributed by atoms with E-state index in [1.54, 1.807) is 18.2 Å². The van der Waals surface area contributed by atoms with Crippen molar-refractivity contribution in [3.05, 3.63) is 45.0 Å². The number of nitrogens with two attached hydrogens (primary N) is 1. The van der Waals surface area contributed by atoms with Crippen molar-refractivity contribution in [3.8, 4) is 17.3 Å². The number of para-hydroxylation sites is 2. The summed E-state index contributed by atoms with van der Waals surface area (Å²) in [5.41, 5.74) is 6.18. The zero-order valence-electron chi connectivity index (χ0n) is 14.5. The molecule has 2 aromatic rings. The maximum atomic E-state index is 12.3. The summed E-state index contributed by atoms with van der Waals surface area (Å²) in [4.78, 5) is 19.3. The number of aliphatic imine (C=N–C) groups is 1. The Morgan fingerprint density at radius 1 is 1.38 bits per heavy atom. The highest BCUT2D eigenvalue weighted by molar-refractivity contribution is 7.71. The number of hydrogen-bond acceptors (Lipinski definition) is 6. The van der Waals surface area contributed by atoms with Crippen LogP contribution < -0.4 is 16.0 Å². The number of methoxy groups -OCH3 is 1. The van der Waals surface area contributed by atoms with Gasteiger partial charge in [0.2, 0.25) is 5.88 Å². The summed E-state index contributed by atoms with van der Waals surface area (Å²) in [5, 5.41) is 10.7. The van der Waals surface area contributed by atoms with E-state index in [9.17, 15) is 9.90 Å². The van der Waals surface area contributed by atoms with E-state index < -0.39 is 5.56 Å². The third-order valence-corrected chi connectivity index (χ3v) is 4.91. The predicted molar refractivity (Wildman–Crippen MR) is 103 cm³/mol. The number of aromatic amines is 1. The quantitative estimate of drug-likeness (QED) is 0.562. The fraction of sp³-hybridized carbons (Fsp3) is 0.389. The molecular weight excluding hydrogens is 352 g/mol. The first kappa shape index (κ1) is 18.3. The van der Waals surface area contributed by atoms with Crippen LogP contribution in [-0.2, 0) is 0 Å². The van der Waals surface area contributed by atoms with E-state index in [1.807, 2.05) is 6.07 Å².